The second kappa shape index (κ2) is 6.72. The van der Waals surface area contributed by atoms with Crippen LogP contribution in [-0.2, 0) is 9.53 Å². The highest BCUT2D eigenvalue weighted by Gasteiger charge is 2.22. The maximum Gasteiger partial charge on any atom is 0.308 e. The van der Waals surface area contributed by atoms with Gasteiger partial charge in [-0.2, -0.15) is 0 Å². The van der Waals surface area contributed by atoms with Crippen molar-refractivity contribution in [3.63, 3.8) is 0 Å². The fourth-order valence-electron chi connectivity index (χ4n) is 1.45. The van der Waals surface area contributed by atoms with Gasteiger partial charge in [-0.05, 0) is 40.5 Å². The van der Waals surface area contributed by atoms with Crippen LogP contribution in [0.4, 0.5) is 5.69 Å². The third kappa shape index (κ3) is 3.97. The molecule has 0 aliphatic rings. The second-order valence-corrected chi connectivity index (χ2v) is 4.66. The van der Waals surface area contributed by atoms with Crippen LogP contribution in [0.1, 0.15) is 25.0 Å². The van der Waals surface area contributed by atoms with Gasteiger partial charge in [-0.1, -0.05) is 6.07 Å². The van der Waals surface area contributed by atoms with E-state index >= 15 is 0 Å². The van der Waals surface area contributed by atoms with Crippen LogP contribution in [-0.4, -0.2) is 28.9 Å². The van der Waals surface area contributed by atoms with Gasteiger partial charge in [-0.3, -0.25) is 4.79 Å². The lowest BCUT2D eigenvalue weighted by Gasteiger charge is -2.18. The number of carbonyl (C=O) groups excluding carboxylic acids is 1. The van der Waals surface area contributed by atoms with Crippen LogP contribution >= 0.6 is 15.9 Å². The number of carbonyl (C=O) groups is 1. The van der Waals surface area contributed by atoms with Crippen molar-refractivity contribution in [1.29, 1.82) is 0 Å². The standard InChI is InChI=1S/C12H16BrNO4/c1-2-18-11(16)6-10(15)12(17)7-3-4-9(14)8(13)5-7/h3-5,10,12,15,17H,2,6,14H2,1H3. The van der Waals surface area contributed by atoms with E-state index in [4.69, 9.17) is 10.5 Å². The summed E-state index contributed by atoms with van der Waals surface area (Å²) in [7, 11) is 0. The Morgan fingerprint density at radius 2 is 2.17 bits per heavy atom. The minimum absolute atomic E-state index is 0.245. The minimum atomic E-state index is -1.21. The van der Waals surface area contributed by atoms with Crippen LogP contribution in [0.15, 0.2) is 22.7 Å². The Morgan fingerprint density at radius 3 is 2.72 bits per heavy atom. The molecule has 0 spiro atoms. The fraction of sp³-hybridized carbons (Fsp3) is 0.417. The SMILES string of the molecule is CCOC(=O)CC(O)C(O)c1ccc(N)c(Br)c1. The molecule has 2 unspecified atom stereocenters. The normalized spacial score (nSPS) is 14.0. The minimum Gasteiger partial charge on any atom is -0.466 e. The average molecular weight is 318 g/mol. The van der Waals surface area contributed by atoms with E-state index < -0.39 is 18.2 Å². The summed E-state index contributed by atoms with van der Waals surface area (Å²) in [6.07, 6.45) is -2.62. The number of anilines is 1. The van der Waals surface area contributed by atoms with Gasteiger partial charge in [0, 0.05) is 10.2 Å². The molecule has 1 aromatic carbocycles. The zero-order chi connectivity index (χ0) is 13.7. The zero-order valence-corrected chi connectivity index (χ0v) is 11.6. The van der Waals surface area contributed by atoms with Crippen molar-refractivity contribution >= 4 is 27.6 Å². The number of hydrogen-bond acceptors (Lipinski definition) is 5. The summed E-state index contributed by atoms with van der Waals surface area (Å²) in [6.45, 7) is 1.92. The highest BCUT2D eigenvalue weighted by Crippen LogP contribution is 2.26. The van der Waals surface area contributed by atoms with Crippen LogP contribution in [0, 0.1) is 0 Å². The second-order valence-electron chi connectivity index (χ2n) is 3.80. The number of nitrogen functional groups attached to an aromatic ring is 1. The number of esters is 1. The molecule has 2 atom stereocenters. The van der Waals surface area contributed by atoms with Gasteiger partial charge in [0.05, 0.1) is 19.1 Å². The van der Waals surface area contributed by atoms with Crippen molar-refractivity contribution in [2.24, 2.45) is 0 Å². The smallest absolute Gasteiger partial charge is 0.308 e. The first-order valence-electron chi connectivity index (χ1n) is 5.52. The first kappa shape index (κ1) is 14.9. The van der Waals surface area contributed by atoms with E-state index in [1.54, 1.807) is 25.1 Å². The molecule has 0 amide bonds. The largest absolute Gasteiger partial charge is 0.466 e. The van der Waals surface area contributed by atoms with Gasteiger partial charge in [-0.15, -0.1) is 0 Å². The van der Waals surface area contributed by atoms with Crippen LogP contribution in [0.3, 0.4) is 0 Å². The Kier molecular flexibility index (Phi) is 5.58. The Balaban J connectivity index is 2.70. The molecule has 0 aliphatic heterocycles. The lowest BCUT2D eigenvalue weighted by Crippen LogP contribution is -2.23. The van der Waals surface area contributed by atoms with Crippen molar-refractivity contribution in [3.8, 4) is 0 Å². The molecule has 18 heavy (non-hydrogen) atoms. The average Bonchev–Trinajstić information content (AvgIpc) is 2.32. The molecule has 4 N–H and O–H groups in total. The molecule has 0 fully saturated rings. The number of benzene rings is 1. The van der Waals surface area contributed by atoms with E-state index in [9.17, 15) is 15.0 Å². The highest BCUT2D eigenvalue weighted by atomic mass is 79.9. The molecule has 0 aliphatic carbocycles. The molecule has 6 heteroatoms. The van der Waals surface area contributed by atoms with E-state index in [1.165, 1.54) is 0 Å². The number of nitrogens with two attached hydrogens (primary N) is 1. The predicted octanol–water partition coefficient (Wildman–Crippen LogP) is 1.38. The molecule has 0 saturated carbocycles. The topological polar surface area (TPSA) is 92.8 Å². The number of aliphatic hydroxyl groups excluding tert-OH is 2. The molecule has 5 nitrogen and oxygen atoms in total. The summed E-state index contributed by atoms with van der Waals surface area (Å²) < 4.78 is 5.33. The van der Waals surface area contributed by atoms with Gasteiger partial charge in [0.2, 0.25) is 0 Å². The number of hydrogen-bond donors (Lipinski definition) is 3. The molecule has 1 rings (SSSR count). The summed E-state index contributed by atoms with van der Waals surface area (Å²) in [4.78, 5) is 11.2. The van der Waals surface area contributed by atoms with Gasteiger partial charge >= 0.3 is 5.97 Å². The lowest BCUT2D eigenvalue weighted by atomic mass is 10.0. The maximum atomic E-state index is 11.2. The first-order chi connectivity index (χ1) is 8.45. The van der Waals surface area contributed by atoms with E-state index in [1.807, 2.05) is 0 Å². The Labute approximate surface area is 114 Å². The third-order valence-corrected chi connectivity index (χ3v) is 3.10. The monoisotopic (exact) mass is 317 g/mol. The van der Waals surface area contributed by atoms with Gasteiger partial charge in [0.1, 0.15) is 6.10 Å². The molecule has 0 bridgehead atoms. The van der Waals surface area contributed by atoms with E-state index in [0.29, 0.717) is 15.7 Å². The van der Waals surface area contributed by atoms with Gasteiger partial charge < -0.3 is 20.7 Å². The highest BCUT2D eigenvalue weighted by molar-refractivity contribution is 9.10. The van der Waals surface area contributed by atoms with E-state index in [0.717, 1.165) is 0 Å². The molecule has 1 aromatic rings. The molecular weight excluding hydrogens is 302 g/mol. The van der Waals surface area contributed by atoms with Crippen molar-refractivity contribution in [2.45, 2.75) is 25.6 Å². The fourth-order valence-corrected chi connectivity index (χ4v) is 1.85. The Bertz CT molecular complexity index is 425. The number of aliphatic hydroxyl groups is 2. The summed E-state index contributed by atoms with van der Waals surface area (Å²) in [5.41, 5.74) is 6.63. The van der Waals surface area contributed by atoms with Gasteiger partial charge in [0.15, 0.2) is 0 Å². The van der Waals surface area contributed by atoms with Gasteiger partial charge in [0.25, 0.3) is 0 Å². The van der Waals surface area contributed by atoms with Crippen LogP contribution in [0.2, 0.25) is 0 Å². The lowest BCUT2D eigenvalue weighted by molar-refractivity contribution is -0.147. The number of rotatable bonds is 5. The zero-order valence-electron chi connectivity index (χ0n) is 9.97. The van der Waals surface area contributed by atoms with E-state index in [-0.39, 0.29) is 13.0 Å². The van der Waals surface area contributed by atoms with Crippen LogP contribution < -0.4 is 5.73 Å². The van der Waals surface area contributed by atoms with Crippen LogP contribution in [0.25, 0.3) is 0 Å². The predicted molar refractivity (Wildman–Crippen MR) is 70.8 cm³/mol. The third-order valence-electron chi connectivity index (χ3n) is 2.41. The molecule has 0 aromatic heterocycles. The molecule has 0 heterocycles. The van der Waals surface area contributed by atoms with Crippen LogP contribution in [0.5, 0.6) is 0 Å². The Hall–Kier alpha value is -1.11. The summed E-state index contributed by atoms with van der Waals surface area (Å²) in [6, 6.07) is 4.81. The van der Waals surface area contributed by atoms with E-state index in [2.05, 4.69) is 15.9 Å². The summed E-state index contributed by atoms with van der Waals surface area (Å²) in [5.74, 6) is -0.543. The van der Waals surface area contributed by atoms with Crippen molar-refractivity contribution in [1.82, 2.24) is 0 Å². The number of halogens is 1. The van der Waals surface area contributed by atoms with Crippen molar-refractivity contribution < 1.29 is 19.7 Å². The molecular formula is C12H16BrNO4. The maximum absolute atomic E-state index is 11.2. The van der Waals surface area contributed by atoms with Crippen molar-refractivity contribution in [3.05, 3.63) is 28.2 Å². The summed E-state index contributed by atoms with van der Waals surface area (Å²) >= 11 is 3.23. The Morgan fingerprint density at radius 1 is 1.50 bits per heavy atom. The molecule has 0 saturated heterocycles. The number of ether oxygens (including phenoxy) is 1. The molecule has 0 radical (unpaired) electrons. The van der Waals surface area contributed by atoms with Crippen molar-refractivity contribution in [2.75, 3.05) is 12.3 Å². The molecule has 100 valence electrons. The van der Waals surface area contributed by atoms with Gasteiger partial charge in [-0.25, -0.2) is 0 Å². The first-order valence-corrected chi connectivity index (χ1v) is 6.31. The quantitative estimate of drug-likeness (QED) is 0.563. The summed E-state index contributed by atoms with van der Waals surface area (Å²) in [5, 5.41) is 19.6.